The average Bonchev–Trinajstić information content (AvgIpc) is 2.20. The number of nitrogens with two attached hydrogens (primary N) is 1. The van der Waals surface area contributed by atoms with Crippen LogP contribution in [0.1, 0.15) is 17.9 Å². The molecule has 0 amide bonds. The van der Waals surface area contributed by atoms with Crippen molar-refractivity contribution in [3.63, 3.8) is 0 Å². The molecule has 0 aliphatic carbocycles. The molecule has 1 heterocycles. The van der Waals surface area contributed by atoms with Crippen LogP contribution in [0.5, 0.6) is 0 Å². The zero-order valence-corrected chi connectivity index (χ0v) is 7.95. The summed E-state index contributed by atoms with van der Waals surface area (Å²) in [5.74, 6) is -0.0557. The maximum atomic E-state index is 13.5. The molecule has 14 heavy (non-hydrogen) atoms. The van der Waals surface area contributed by atoms with Gasteiger partial charge in [0.15, 0.2) is 0 Å². The number of ether oxygens (including phenoxy) is 1. The summed E-state index contributed by atoms with van der Waals surface area (Å²) in [7, 11) is 0. The molecule has 2 nitrogen and oxygen atoms in total. The molecule has 1 aromatic rings. The summed E-state index contributed by atoms with van der Waals surface area (Å²) in [5.41, 5.74) is 6.61. The van der Waals surface area contributed by atoms with Crippen molar-refractivity contribution >= 4 is 0 Å². The third kappa shape index (κ3) is 1.79. The normalized spacial score (nSPS) is 27.6. The highest BCUT2D eigenvalue weighted by Gasteiger charge is 2.25. The lowest BCUT2D eigenvalue weighted by Gasteiger charge is -2.29. The quantitative estimate of drug-likeness (QED) is 0.739. The van der Waals surface area contributed by atoms with Crippen molar-refractivity contribution in [1.82, 2.24) is 0 Å². The molecule has 1 aliphatic rings. The topological polar surface area (TPSA) is 35.2 Å². The number of halogens is 1. The van der Waals surface area contributed by atoms with Crippen molar-refractivity contribution in [3.05, 3.63) is 35.6 Å². The van der Waals surface area contributed by atoms with E-state index < -0.39 is 0 Å². The van der Waals surface area contributed by atoms with Crippen LogP contribution >= 0.6 is 0 Å². The van der Waals surface area contributed by atoms with Crippen LogP contribution in [0.3, 0.4) is 0 Å². The lowest BCUT2D eigenvalue weighted by atomic mass is 9.88. The SMILES string of the molecule is NC1COCCC1c1ccccc1F. The van der Waals surface area contributed by atoms with Crippen molar-refractivity contribution in [2.24, 2.45) is 5.73 Å². The Balaban J connectivity index is 2.25. The summed E-state index contributed by atoms with van der Waals surface area (Å²) in [5, 5.41) is 0. The second-order valence-electron chi connectivity index (χ2n) is 3.66. The first-order valence-corrected chi connectivity index (χ1v) is 4.87. The summed E-state index contributed by atoms with van der Waals surface area (Å²) in [6.07, 6.45) is 0.808. The van der Waals surface area contributed by atoms with Gasteiger partial charge in [-0.15, -0.1) is 0 Å². The largest absolute Gasteiger partial charge is 0.380 e. The fourth-order valence-electron chi connectivity index (χ4n) is 1.92. The Bertz CT molecular complexity index is 316. The van der Waals surface area contributed by atoms with Gasteiger partial charge in [-0.1, -0.05) is 18.2 Å². The summed E-state index contributed by atoms with van der Waals surface area (Å²) >= 11 is 0. The first kappa shape index (κ1) is 9.62. The van der Waals surface area contributed by atoms with E-state index in [4.69, 9.17) is 10.5 Å². The molecule has 0 spiro atoms. The average molecular weight is 195 g/mol. The monoisotopic (exact) mass is 195 g/mol. The van der Waals surface area contributed by atoms with Crippen LogP contribution in [0, 0.1) is 5.82 Å². The van der Waals surface area contributed by atoms with E-state index in [2.05, 4.69) is 0 Å². The van der Waals surface area contributed by atoms with Gasteiger partial charge in [-0.3, -0.25) is 0 Å². The van der Waals surface area contributed by atoms with Crippen LogP contribution in [0.25, 0.3) is 0 Å². The van der Waals surface area contributed by atoms with Gasteiger partial charge in [0.05, 0.1) is 6.61 Å². The minimum absolute atomic E-state index is 0.0827. The maximum Gasteiger partial charge on any atom is 0.126 e. The molecule has 1 aliphatic heterocycles. The van der Waals surface area contributed by atoms with Gasteiger partial charge < -0.3 is 10.5 Å². The standard InChI is InChI=1S/C11H14FNO/c12-10-4-2-1-3-8(10)9-5-6-14-7-11(9)13/h1-4,9,11H,5-7,13H2. The molecule has 2 rings (SSSR count). The lowest BCUT2D eigenvalue weighted by Crippen LogP contribution is -2.38. The van der Waals surface area contributed by atoms with E-state index in [9.17, 15) is 4.39 Å². The van der Waals surface area contributed by atoms with E-state index in [0.717, 1.165) is 12.0 Å². The van der Waals surface area contributed by atoms with E-state index >= 15 is 0 Å². The van der Waals surface area contributed by atoms with Crippen LogP contribution in [0.15, 0.2) is 24.3 Å². The molecule has 0 aromatic heterocycles. The van der Waals surface area contributed by atoms with E-state index in [-0.39, 0.29) is 17.8 Å². The molecule has 2 atom stereocenters. The highest BCUT2D eigenvalue weighted by Crippen LogP contribution is 2.27. The van der Waals surface area contributed by atoms with Gasteiger partial charge >= 0.3 is 0 Å². The number of benzene rings is 1. The van der Waals surface area contributed by atoms with Gasteiger partial charge in [0.1, 0.15) is 5.82 Å². The van der Waals surface area contributed by atoms with Gasteiger partial charge in [0, 0.05) is 18.6 Å². The highest BCUT2D eigenvalue weighted by molar-refractivity contribution is 5.23. The Hall–Kier alpha value is -0.930. The van der Waals surface area contributed by atoms with Crippen molar-refractivity contribution < 1.29 is 9.13 Å². The molecule has 1 aromatic carbocycles. The second-order valence-corrected chi connectivity index (χ2v) is 3.66. The highest BCUT2D eigenvalue weighted by atomic mass is 19.1. The lowest BCUT2D eigenvalue weighted by molar-refractivity contribution is 0.0688. The molecule has 2 N–H and O–H groups in total. The summed E-state index contributed by atoms with van der Waals surface area (Å²) in [4.78, 5) is 0. The molecular weight excluding hydrogens is 181 g/mol. The maximum absolute atomic E-state index is 13.5. The molecular formula is C11H14FNO. The molecule has 2 unspecified atom stereocenters. The summed E-state index contributed by atoms with van der Waals surface area (Å²) in [6.45, 7) is 1.20. The van der Waals surface area contributed by atoms with Crippen LogP contribution in [0.4, 0.5) is 4.39 Å². The Kier molecular flexibility index (Phi) is 2.79. The predicted molar refractivity (Wildman–Crippen MR) is 52.6 cm³/mol. The molecule has 0 saturated carbocycles. The second kappa shape index (κ2) is 4.07. The van der Waals surface area contributed by atoms with Crippen LogP contribution < -0.4 is 5.73 Å². The Labute approximate surface area is 82.9 Å². The fraction of sp³-hybridized carbons (Fsp3) is 0.455. The third-order valence-corrected chi connectivity index (χ3v) is 2.71. The summed E-state index contributed by atoms with van der Waals surface area (Å²) in [6, 6.07) is 6.76. The molecule has 76 valence electrons. The third-order valence-electron chi connectivity index (χ3n) is 2.71. The molecule has 0 radical (unpaired) electrons. The predicted octanol–water partition coefficient (Wildman–Crippen LogP) is 1.66. The first-order chi connectivity index (χ1) is 6.79. The van der Waals surface area contributed by atoms with Crippen molar-refractivity contribution in [2.45, 2.75) is 18.4 Å². The zero-order chi connectivity index (χ0) is 9.97. The van der Waals surface area contributed by atoms with E-state index in [1.807, 2.05) is 12.1 Å². The Morgan fingerprint density at radius 1 is 1.36 bits per heavy atom. The number of hydrogen-bond acceptors (Lipinski definition) is 2. The van der Waals surface area contributed by atoms with Crippen molar-refractivity contribution in [1.29, 1.82) is 0 Å². The van der Waals surface area contributed by atoms with Gasteiger partial charge in [0.2, 0.25) is 0 Å². The van der Waals surface area contributed by atoms with Gasteiger partial charge in [-0.25, -0.2) is 4.39 Å². The van der Waals surface area contributed by atoms with E-state index in [1.165, 1.54) is 6.07 Å². The van der Waals surface area contributed by atoms with E-state index in [1.54, 1.807) is 6.07 Å². The first-order valence-electron chi connectivity index (χ1n) is 4.87. The molecule has 0 bridgehead atoms. The van der Waals surface area contributed by atoms with Gasteiger partial charge in [0.25, 0.3) is 0 Å². The minimum Gasteiger partial charge on any atom is -0.380 e. The van der Waals surface area contributed by atoms with Gasteiger partial charge in [-0.05, 0) is 18.1 Å². The minimum atomic E-state index is -0.158. The van der Waals surface area contributed by atoms with Crippen LogP contribution in [-0.4, -0.2) is 19.3 Å². The summed E-state index contributed by atoms with van der Waals surface area (Å²) < 4.78 is 18.7. The smallest absolute Gasteiger partial charge is 0.126 e. The van der Waals surface area contributed by atoms with Crippen LogP contribution in [-0.2, 0) is 4.74 Å². The van der Waals surface area contributed by atoms with Crippen molar-refractivity contribution in [3.8, 4) is 0 Å². The molecule has 1 saturated heterocycles. The Morgan fingerprint density at radius 3 is 2.86 bits per heavy atom. The molecule has 3 heteroatoms. The van der Waals surface area contributed by atoms with E-state index in [0.29, 0.717) is 13.2 Å². The number of hydrogen-bond donors (Lipinski definition) is 1. The fourth-order valence-corrected chi connectivity index (χ4v) is 1.92. The van der Waals surface area contributed by atoms with Gasteiger partial charge in [-0.2, -0.15) is 0 Å². The molecule has 1 fully saturated rings. The van der Waals surface area contributed by atoms with Crippen molar-refractivity contribution in [2.75, 3.05) is 13.2 Å². The zero-order valence-electron chi connectivity index (χ0n) is 7.95. The number of rotatable bonds is 1. The van der Waals surface area contributed by atoms with Crippen LogP contribution in [0.2, 0.25) is 0 Å². The Morgan fingerprint density at radius 2 is 2.14 bits per heavy atom.